The summed E-state index contributed by atoms with van der Waals surface area (Å²) in [6.07, 6.45) is 6.13. The third kappa shape index (κ3) is 3.14. The van der Waals surface area contributed by atoms with E-state index >= 15 is 0 Å². The van der Waals surface area contributed by atoms with Gasteiger partial charge >= 0.3 is 5.97 Å². The molecule has 0 aliphatic heterocycles. The summed E-state index contributed by atoms with van der Waals surface area (Å²) in [5.41, 5.74) is -0.433. The van der Waals surface area contributed by atoms with Crippen molar-refractivity contribution < 1.29 is 27.5 Å². The van der Waals surface area contributed by atoms with Crippen LogP contribution < -0.4 is 0 Å². The van der Waals surface area contributed by atoms with Gasteiger partial charge in [-0.2, -0.15) is 0 Å². The van der Waals surface area contributed by atoms with E-state index in [0.717, 1.165) is 19.3 Å². The number of carboxylic acid groups (broad SMARTS) is 1. The molecule has 0 saturated heterocycles. The van der Waals surface area contributed by atoms with Gasteiger partial charge in [-0.05, 0) is 68.4 Å². The summed E-state index contributed by atoms with van der Waals surface area (Å²) in [7, 11) is -3.68. The number of sulfone groups is 1. The molecule has 1 aromatic heterocycles. The number of carbonyl (C=O) groups is 2. The fourth-order valence-electron chi connectivity index (χ4n) is 5.64. The van der Waals surface area contributed by atoms with Gasteiger partial charge in [0, 0.05) is 5.41 Å². The van der Waals surface area contributed by atoms with Crippen LogP contribution in [0.4, 0.5) is 0 Å². The van der Waals surface area contributed by atoms with Crippen LogP contribution in [0.2, 0.25) is 0 Å². The largest absolute Gasteiger partial charge is 0.475 e. The zero-order chi connectivity index (χ0) is 17.8. The van der Waals surface area contributed by atoms with E-state index in [-0.39, 0.29) is 17.3 Å². The smallest absolute Gasteiger partial charge is 0.371 e. The molecule has 1 heterocycles. The van der Waals surface area contributed by atoms with Gasteiger partial charge in [0.05, 0.1) is 0 Å². The summed E-state index contributed by atoms with van der Waals surface area (Å²) < 4.78 is 29.9. The Kier molecular flexibility index (Phi) is 3.83. The highest BCUT2D eigenvalue weighted by molar-refractivity contribution is 7.91. The molecular formula is C18H22O6S. The third-order valence-electron chi connectivity index (χ3n) is 6.22. The van der Waals surface area contributed by atoms with Crippen LogP contribution in [-0.4, -0.2) is 31.0 Å². The molecule has 4 aliphatic carbocycles. The number of carboxylic acids is 1. The molecule has 0 amide bonds. The second-order valence-electron chi connectivity index (χ2n) is 8.22. The molecule has 4 saturated carbocycles. The van der Waals surface area contributed by atoms with E-state index < -0.39 is 32.7 Å². The molecule has 0 aromatic carbocycles. The lowest BCUT2D eigenvalue weighted by Gasteiger charge is -2.55. The number of rotatable bonds is 6. The fourth-order valence-corrected chi connectivity index (χ4v) is 7.04. The Morgan fingerprint density at radius 3 is 2.12 bits per heavy atom. The van der Waals surface area contributed by atoms with Crippen LogP contribution in [-0.2, 0) is 20.4 Å². The highest BCUT2D eigenvalue weighted by Gasteiger charge is 2.54. The fraction of sp³-hybridized carbons (Fsp3) is 0.667. The van der Waals surface area contributed by atoms with E-state index in [1.807, 2.05) is 0 Å². The SMILES string of the molecule is O=C(O)c1ccc(CS(=O)(=O)CC(=O)C23CC4CC(CC(C4)C2)C3)o1. The van der Waals surface area contributed by atoms with E-state index in [1.54, 1.807) is 0 Å². The van der Waals surface area contributed by atoms with Crippen LogP contribution in [0, 0.1) is 23.2 Å². The predicted molar refractivity (Wildman–Crippen MR) is 88.8 cm³/mol. The van der Waals surface area contributed by atoms with Crippen molar-refractivity contribution in [3.63, 3.8) is 0 Å². The lowest BCUT2D eigenvalue weighted by atomic mass is 9.48. The van der Waals surface area contributed by atoms with Crippen LogP contribution in [0.15, 0.2) is 16.5 Å². The zero-order valence-corrected chi connectivity index (χ0v) is 14.8. The van der Waals surface area contributed by atoms with Gasteiger partial charge in [0.1, 0.15) is 17.3 Å². The molecule has 0 unspecified atom stereocenters. The van der Waals surface area contributed by atoms with Crippen LogP contribution in [0.5, 0.6) is 0 Å². The summed E-state index contributed by atoms with van der Waals surface area (Å²) in [6.45, 7) is 0. The first-order valence-corrected chi connectivity index (χ1v) is 10.6. The summed E-state index contributed by atoms with van der Waals surface area (Å²) in [4.78, 5) is 23.7. The van der Waals surface area contributed by atoms with E-state index in [4.69, 9.17) is 9.52 Å². The highest BCUT2D eigenvalue weighted by Crippen LogP contribution is 2.60. The predicted octanol–water partition coefficient (Wildman–Crippen LogP) is 2.68. The van der Waals surface area contributed by atoms with Crippen molar-refractivity contribution in [3.8, 4) is 0 Å². The quantitative estimate of drug-likeness (QED) is 0.830. The van der Waals surface area contributed by atoms with E-state index in [2.05, 4.69) is 0 Å². The number of Topliss-reactive ketones (excluding diaryl/α,β-unsaturated/α-hetero) is 1. The first-order valence-electron chi connectivity index (χ1n) is 8.80. The Hall–Kier alpha value is -1.63. The van der Waals surface area contributed by atoms with Crippen LogP contribution in [0.3, 0.4) is 0 Å². The van der Waals surface area contributed by atoms with E-state index in [9.17, 15) is 18.0 Å². The van der Waals surface area contributed by atoms with Gasteiger partial charge in [0.2, 0.25) is 5.76 Å². The maximum absolute atomic E-state index is 12.9. The van der Waals surface area contributed by atoms with E-state index in [1.165, 1.54) is 31.4 Å². The normalized spacial score (nSPS) is 33.5. The number of ketones is 1. The molecule has 25 heavy (non-hydrogen) atoms. The zero-order valence-electron chi connectivity index (χ0n) is 13.9. The Morgan fingerprint density at radius 2 is 1.64 bits per heavy atom. The molecule has 5 rings (SSSR count). The standard InChI is InChI=1S/C18H22O6S/c19-16(18-6-11-3-12(7-18)5-13(4-11)8-18)10-25(22,23)9-14-1-2-15(24-14)17(20)21/h1-2,11-13H,3-10H2,(H,20,21). The van der Waals surface area contributed by atoms with Crippen LogP contribution in [0.1, 0.15) is 54.8 Å². The highest BCUT2D eigenvalue weighted by atomic mass is 32.2. The lowest BCUT2D eigenvalue weighted by Crippen LogP contribution is -2.51. The monoisotopic (exact) mass is 366 g/mol. The molecule has 4 bridgehead atoms. The van der Waals surface area contributed by atoms with Crippen LogP contribution >= 0.6 is 0 Å². The number of hydrogen-bond donors (Lipinski definition) is 1. The minimum absolute atomic E-state index is 0.0655. The van der Waals surface area contributed by atoms with Crippen molar-refractivity contribution in [2.24, 2.45) is 23.2 Å². The molecule has 6 nitrogen and oxygen atoms in total. The van der Waals surface area contributed by atoms with Gasteiger partial charge in [-0.15, -0.1) is 0 Å². The molecule has 0 radical (unpaired) electrons. The Labute approximate surface area is 146 Å². The number of aromatic carboxylic acids is 1. The Balaban J connectivity index is 1.47. The van der Waals surface area contributed by atoms with Crippen molar-refractivity contribution in [2.45, 2.75) is 44.3 Å². The maximum Gasteiger partial charge on any atom is 0.371 e. The Bertz CT molecular complexity index is 783. The molecule has 1 aromatic rings. The molecule has 7 heteroatoms. The van der Waals surface area contributed by atoms with Gasteiger partial charge < -0.3 is 9.52 Å². The molecule has 4 fully saturated rings. The molecule has 136 valence electrons. The molecule has 0 atom stereocenters. The minimum Gasteiger partial charge on any atom is -0.475 e. The van der Waals surface area contributed by atoms with Gasteiger partial charge in [0.25, 0.3) is 0 Å². The summed E-state index contributed by atoms with van der Waals surface area (Å²) in [5, 5.41) is 8.84. The van der Waals surface area contributed by atoms with Crippen molar-refractivity contribution in [3.05, 3.63) is 23.7 Å². The maximum atomic E-state index is 12.9. The second kappa shape index (κ2) is 5.69. The van der Waals surface area contributed by atoms with E-state index in [0.29, 0.717) is 17.8 Å². The van der Waals surface area contributed by atoms with Crippen LogP contribution in [0.25, 0.3) is 0 Å². The first kappa shape index (κ1) is 16.8. The molecular weight excluding hydrogens is 344 g/mol. The molecule has 1 N–H and O–H groups in total. The number of carbonyl (C=O) groups excluding carboxylic acids is 1. The summed E-state index contributed by atoms with van der Waals surface area (Å²) in [6, 6.07) is 2.57. The van der Waals surface area contributed by atoms with Crippen molar-refractivity contribution in [1.29, 1.82) is 0 Å². The topological polar surface area (TPSA) is 102 Å². The number of furan rings is 1. The lowest BCUT2D eigenvalue weighted by molar-refractivity contribution is -0.141. The summed E-state index contributed by atoms with van der Waals surface area (Å²) in [5.74, 6) is -0.762. The summed E-state index contributed by atoms with van der Waals surface area (Å²) >= 11 is 0. The van der Waals surface area contributed by atoms with Crippen molar-refractivity contribution in [1.82, 2.24) is 0 Å². The molecule has 0 spiro atoms. The van der Waals surface area contributed by atoms with Crippen molar-refractivity contribution in [2.75, 3.05) is 5.75 Å². The van der Waals surface area contributed by atoms with Gasteiger partial charge in [-0.1, -0.05) is 0 Å². The molecule has 4 aliphatic rings. The number of hydrogen-bond acceptors (Lipinski definition) is 5. The first-order chi connectivity index (χ1) is 11.7. The average Bonchev–Trinajstić information content (AvgIpc) is 2.93. The Morgan fingerprint density at radius 1 is 1.08 bits per heavy atom. The van der Waals surface area contributed by atoms with Crippen molar-refractivity contribution >= 4 is 21.6 Å². The third-order valence-corrected chi connectivity index (χ3v) is 7.64. The van der Waals surface area contributed by atoms with Gasteiger partial charge in [0.15, 0.2) is 15.6 Å². The van der Waals surface area contributed by atoms with Gasteiger partial charge in [-0.3, -0.25) is 4.79 Å². The average molecular weight is 366 g/mol. The minimum atomic E-state index is -3.68. The van der Waals surface area contributed by atoms with Gasteiger partial charge in [-0.25, -0.2) is 13.2 Å². The second-order valence-corrected chi connectivity index (χ2v) is 10.3.